The summed E-state index contributed by atoms with van der Waals surface area (Å²) in [5.74, 6) is 0. The molecule has 1 nitrogen and oxygen atoms in total. The molecule has 0 aliphatic rings. The highest BCUT2D eigenvalue weighted by molar-refractivity contribution is 5.90. The second kappa shape index (κ2) is 6.30. The highest BCUT2D eigenvalue weighted by atomic mass is 14.7. The van der Waals surface area contributed by atoms with Crippen LogP contribution in [0.5, 0.6) is 0 Å². The van der Waals surface area contributed by atoms with Gasteiger partial charge in [-0.2, -0.15) is 0 Å². The summed E-state index contributed by atoms with van der Waals surface area (Å²) in [6, 6.07) is 34.1. The van der Waals surface area contributed by atoms with E-state index in [1.54, 1.807) is 0 Å². The average molecular weight is 345 g/mol. The number of hydrogen-bond donors (Lipinski definition) is 1. The smallest absolute Gasteiger partial charge is 0.0464 e. The van der Waals surface area contributed by atoms with E-state index >= 15 is 0 Å². The average Bonchev–Trinajstić information content (AvgIpc) is 3.17. The van der Waals surface area contributed by atoms with Crippen LogP contribution in [-0.4, -0.2) is 4.98 Å². The zero-order chi connectivity index (χ0) is 18.2. The fraction of sp³-hybridized carbons (Fsp3) is 0. The topological polar surface area (TPSA) is 15.8 Å². The predicted molar refractivity (Wildman–Crippen MR) is 116 cm³/mol. The van der Waals surface area contributed by atoms with E-state index in [-0.39, 0.29) is 0 Å². The first-order valence-corrected chi connectivity index (χ1v) is 9.15. The van der Waals surface area contributed by atoms with Crippen molar-refractivity contribution in [3.63, 3.8) is 0 Å². The molecule has 0 aliphatic carbocycles. The molecule has 1 N–H and O–H groups in total. The van der Waals surface area contributed by atoms with Crippen molar-refractivity contribution in [3.05, 3.63) is 115 Å². The number of H-pyrrole nitrogens is 1. The summed E-state index contributed by atoms with van der Waals surface area (Å²) >= 11 is 0. The third-order valence-electron chi connectivity index (χ3n) is 5.15. The van der Waals surface area contributed by atoms with Gasteiger partial charge < -0.3 is 4.98 Å². The maximum absolute atomic E-state index is 4.37. The molecule has 0 saturated heterocycles. The molecule has 0 unspecified atom stereocenters. The van der Waals surface area contributed by atoms with Gasteiger partial charge in [-0.3, -0.25) is 0 Å². The van der Waals surface area contributed by atoms with Crippen LogP contribution < -0.4 is 0 Å². The third kappa shape index (κ3) is 2.84. The number of rotatable bonds is 3. The molecule has 128 valence electrons. The molecule has 0 spiro atoms. The van der Waals surface area contributed by atoms with Gasteiger partial charge in [0.1, 0.15) is 0 Å². The number of para-hydroxylation sites is 1. The van der Waals surface area contributed by atoms with E-state index in [0.29, 0.717) is 0 Å². The highest BCUT2D eigenvalue weighted by Gasteiger charge is 2.07. The van der Waals surface area contributed by atoms with Gasteiger partial charge in [-0.05, 0) is 57.3 Å². The fourth-order valence-electron chi connectivity index (χ4n) is 3.65. The molecule has 0 atom stereocenters. The van der Waals surface area contributed by atoms with E-state index in [0.717, 1.165) is 27.9 Å². The molecule has 0 amide bonds. The molecular formula is C26H19N. The summed E-state index contributed by atoms with van der Waals surface area (Å²) in [6.07, 6.45) is 0. The van der Waals surface area contributed by atoms with Gasteiger partial charge in [-0.25, -0.2) is 0 Å². The van der Waals surface area contributed by atoms with Crippen LogP contribution in [0.3, 0.4) is 0 Å². The van der Waals surface area contributed by atoms with Crippen molar-refractivity contribution >= 4 is 27.2 Å². The molecule has 1 heterocycles. The van der Waals surface area contributed by atoms with Gasteiger partial charge >= 0.3 is 0 Å². The first-order valence-electron chi connectivity index (χ1n) is 9.15. The molecule has 0 aliphatic heterocycles. The van der Waals surface area contributed by atoms with Crippen LogP contribution in [0.1, 0.15) is 11.1 Å². The summed E-state index contributed by atoms with van der Waals surface area (Å²) in [4.78, 5) is 3.51. The minimum absolute atomic E-state index is 1.04. The maximum Gasteiger partial charge on any atom is 0.0464 e. The largest absolute Gasteiger partial charge is 0.355 e. The lowest BCUT2D eigenvalue weighted by atomic mass is 9.95. The normalized spacial score (nSPS) is 11.1. The number of aromatic amines is 1. The lowest BCUT2D eigenvalue weighted by molar-refractivity contribution is 1.44. The first-order chi connectivity index (χ1) is 13.3. The number of hydrogen-bond acceptors (Lipinski definition) is 0. The Labute approximate surface area is 158 Å². The van der Waals surface area contributed by atoms with Crippen LogP contribution in [-0.2, 0) is 0 Å². The Morgan fingerprint density at radius 2 is 1.33 bits per heavy atom. The molecule has 27 heavy (non-hydrogen) atoms. The van der Waals surface area contributed by atoms with Crippen LogP contribution >= 0.6 is 0 Å². The Morgan fingerprint density at radius 3 is 2.19 bits per heavy atom. The third-order valence-corrected chi connectivity index (χ3v) is 5.15. The Bertz CT molecular complexity index is 1260. The number of aromatic nitrogens is 1. The molecule has 0 fully saturated rings. The molecule has 1 aromatic heterocycles. The summed E-state index contributed by atoms with van der Waals surface area (Å²) < 4.78 is 0. The minimum atomic E-state index is 1.04. The van der Waals surface area contributed by atoms with Gasteiger partial charge in [-0.15, -0.1) is 0 Å². The molecular weight excluding hydrogens is 326 g/mol. The summed E-state index contributed by atoms with van der Waals surface area (Å²) in [6.45, 7) is 4.37. The Morgan fingerprint density at radius 1 is 0.593 bits per heavy atom. The Balaban J connectivity index is 1.54. The summed E-state index contributed by atoms with van der Waals surface area (Å²) in [5, 5.41) is 3.72. The van der Waals surface area contributed by atoms with Crippen molar-refractivity contribution in [2.45, 2.75) is 0 Å². The lowest BCUT2D eigenvalue weighted by Crippen LogP contribution is -1.88. The molecule has 5 aromatic rings. The van der Waals surface area contributed by atoms with Crippen molar-refractivity contribution in [3.8, 4) is 11.3 Å². The number of benzene rings is 4. The quantitative estimate of drug-likeness (QED) is 0.360. The zero-order valence-corrected chi connectivity index (χ0v) is 14.9. The summed E-state index contributed by atoms with van der Waals surface area (Å²) in [5.41, 5.74) is 6.80. The minimum Gasteiger partial charge on any atom is -0.355 e. The molecule has 0 radical (unpaired) electrons. The van der Waals surface area contributed by atoms with E-state index in [9.17, 15) is 0 Å². The van der Waals surface area contributed by atoms with Crippen molar-refractivity contribution < 1.29 is 0 Å². The van der Waals surface area contributed by atoms with Crippen molar-refractivity contribution in [2.75, 3.05) is 0 Å². The molecule has 5 rings (SSSR count). The van der Waals surface area contributed by atoms with Gasteiger partial charge in [-0.1, -0.05) is 79.4 Å². The SMILES string of the molecule is C=C(c1cccc(-c2cc3ccccc3[nH]2)c1)c1ccc2ccccc2c1. The maximum atomic E-state index is 4.37. The van der Waals surface area contributed by atoms with E-state index < -0.39 is 0 Å². The van der Waals surface area contributed by atoms with Gasteiger partial charge in [0.15, 0.2) is 0 Å². The first kappa shape index (κ1) is 15.7. The monoisotopic (exact) mass is 345 g/mol. The lowest BCUT2D eigenvalue weighted by Gasteiger charge is -2.09. The number of nitrogens with one attached hydrogen (secondary N) is 1. The molecule has 0 bridgehead atoms. The van der Waals surface area contributed by atoms with Gasteiger partial charge in [0.05, 0.1) is 0 Å². The summed E-state index contributed by atoms with van der Waals surface area (Å²) in [7, 11) is 0. The van der Waals surface area contributed by atoms with E-state index in [1.165, 1.54) is 21.7 Å². The van der Waals surface area contributed by atoms with E-state index in [1.807, 2.05) is 0 Å². The van der Waals surface area contributed by atoms with Crippen molar-refractivity contribution in [1.82, 2.24) is 4.98 Å². The second-order valence-electron chi connectivity index (χ2n) is 6.89. The standard InChI is InChI=1S/C26H19N/c1-18(21-14-13-19-7-2-3-8-22(19)15-21)20-10-6-11-23(16-20)26-17-24-9-4-5-12-25(24)27-26/h2-17,27H,1H2. The second-order valence-corrected chi connectivity index (χ2v) is 6.89. The van der Waals surface area contributed by atoms with E-state index in [2.05, 4.69) is 109 Å². The van der Waals surface area contributed by atoms with Gasteiger partial charge in [0.25, 0.3) is 0 Å². The van der Waals surface area contributed by atoms with Crippen LogP contribution in [0, 0.1) is 0 Å². The van der Waals surface area contributed by atoms with Gasteiger partial charge in [0.2, 0.25) is 0 Å². The number of fused-ring (bicyclic) bond motifs is 2. The van der Waals surface area contributed by atoms with Crippen molar-refractivity contribution in [1.29, 1.82) is 0 Å². The Hall–Kier alpha value is -3.58. The highest BCUT2D eigenvalue weighted by Crippen LogP contribution is 2.29. The van der Waals surface area contributed by atoms with Gasteiger partial charge in [0, 0.05) is 16.6 Å². The fourth-order valence-corrected chi connectivity index (χ4v) is 3.65. The van der Waals surface area contributed by atoms with Crippen LogP contribution in [0.25, 0.3) is 38.5 Å². The van der Waals surface area contributed by atoms with E-state index in [4.69, 9.17) is 0 Å². The predicted octanol–water partition coefficient (Wildman–Crippen LogP) is 7.05. The van der Waals surface area contributed by atoms with Crippen LogP contribution in [0.15, 0.2) is 104 Å². The molecule has 1 heteroatoms. The zero-order valence-electron chi connectivity index (χ0n) is 14.9. The molecule has 0 saturated carbocycles. The van der Waals surface area contributed by atoms with Crippen LogP contribution in [0.2, 0.25) is 0 Å². The molecule has 4 aromatic carbocycles. The Kier molecular flexibility index (Phi) is 3.65. The van der Waals surface area contributed by atoms with Crippen LogP contribution in [0.4, 0.5) is 0 Å². The van der Waals surface area contributed by atoms with Crippen molar-refractivity contribution in [2.24, 2.45) is 0 Å².